The molecular formula is C23H22N4O. The van der Waals surface area contributed by atoms with Crippen LogP contribution in [0.25, 0.3) is 22.3 Å². The lowest BCUT2D eigenvalue weighted by Gasteiger charge is -2.07. The molecular weight excluding hydrogens is 348 g/mol. The van der Waals surface area contributed by atoms with E-state index in [1.54, 1.807) is 18.6 Å². The molecule has 0 aliphatic rings. The monoisotopic (exact) mass is 370 g/mol. The van der Waals surface area contributed by atoms with Crippen LogP contribution in [0, 0.1) is 0 Å². The number of aromatic amines is 1. The zero-order chi connectivity index (χ0) is 19.2. The first-order valence-corrected chi connectivity index (χ1v) is 9.48. The van der Waals surface area contributed by atoms with Crippen molar-refractivity contribution in [1.29, 1.82) is 0 Å². The van der Waals surface area contributed by atoms with Gasteiger partial charge >= 0.3 is 0 Å². The maximum atomic E-state index is 12.2. The van der Waals surface area contributed by atoms with Crippen molar-refractivity contribution in [3.63, 3.8) is 0 Å². The first-order valence-electron chi connectivity index (χ1n) is 9.48. The van der Waals surface area contributed by atoms with Crippen molar-refractivity contribution in [2.75, 3.05) is 0 Å². The molecule has 0 unspecified atom stereocenters. The van der Waals surface area contributed by atoms with Gasteiger partial charge in [-0.05, 0) is 48.2 Å². The van der Waals surface area contributed by atoms with Crippen molar-refractivity contribution in [2.24, 2.45) is 0 Å². The van der Waals surface area contributed by atoms with Gasteiger partial charge < -0.3 is 10.3 Å². The minimum absolute atomic E-state index is 0.0584. The number of amides is 1. The Morgan fingerprint density at radius 3 is 2.71 bits per heavy atom. The standard InChI is InChI=1S/C23H22N4O/c28-22(26-16-17-7-6-13-24-15-17)12-5-9-19-18-8-1-2-10-20(18)27-23(19)21-11-3-4-14-25-21/h1-4,6-8,10-11,13-15,27H,5,9,12,16H2,(H,26,28). The molecule has 0 aliphatic carbocycles. The molecule has 0 radical (unpaired) electrons. The van der Waals surface area contributed by atoms with Crippen LogP contribution in [0.2, 0.25) is 0 Å². The molecule has 5 nitrogen and oxygen atoms in total. The Balaban J connectivity index is 1.43. The van der Waals surface area contributed by atoms with Crippen LogP contribution in [0.15, 0.2) is 73.2 Å². The summed E-state index contributed by atoms with van der Waals surface area (Å²) in [6.45, 7) is 0.513. The third kappa shape index (κ3) is 4.09. The van der Waals surface area contributed by atoms with Crippen LogP contribution in [0.4, 0.5) is 0 Å². The summed E-state index contributed by atoms with van der Waals surface area (Å²) < 4.78 is 0. The molecule has 0 saturated carbocycles. The maximum Gasteiger partial charge on any atom is 0.220 e. The number of nitrogens with one attached hydrogen (secondary N) is 2. The lowest BCUT2D eigenvalue weighted by molar-refractivity contribution is -0.121. The molecule has 1 aromatic carbocycles. The average molecular weight is 370 g/mol. The highest BCUT2D eigenvalue weighted by atomic mass is 16.1. The molecule has 1 amide bonds. The van der Waals surface area contributed by atoms with Crippen molar-refractivity contribution in [3.05, 3.63) is 84.3 Å². The summed E-state index contributed by atoms with van der Waals surface area (Å²) in [6, 6.07) is 18.0. The quantitative estimate of drug-likeness (QED) is 0.510. The largest absolute Gasteiger partial charge is 0.353 e. The molecule has 3 aromatic heterocycles. The summed E-state index contributed by atoms with van der Waals surface area (Å²) in [4.78, 5) is 24.3. The lowest BCUT2D eigenvalue weighted by atomic mass is 10.0. The number of rotatable bonds is 7. The van der Waals surface area contributed by atoms with Crippen molar-refractivity contribution >= 4 is 16.8 Å². The zero-order valence-corrected chi connectivity index (χ0v) is 15.6. The Morgan fingerprint density at radius 2 is 1.89 bits per heavy atom. The van der Waals surface area contributed by atoms with E-state index >= 15 is 0 Å². The molecule has 140 valence electrons. The number of pyridine rings is 2. The Bertz CT molecular complexity index is 1060. The number of carbonyl (C=O) groups is 1. The van der Waals surface area contributed by atoms with E-state index < -0.39 is 0 Å². The summed E-state index contributed by atoms with van der Waals surface area (Å²) in [5.41, 5.74) is 5.28. The molecule has 3 heterocycles. The summed E-state index contributed by atoms with van der Waals surface area (Å²) in [5.74, 6) is 0.0584. The van der Waals surface area contributed by atoms with E-state index in [2.05, 4.69) is 32.4 Å². The topological polar surface area (TPSA) is 70.7 Å². The van der Waals surface area contributed by atoms with E-state index in [0.717, 1.165) is 35.3 Å². The van der Waals surface area contributed by atoms with Crippen LogP contribution in [0.1, 0.15) is 24.0 Å². The highest BCUT2D eigenvalue weighted by Gasteiger charge is 2.14. The SMILES string of the molecule is O=C(CCCc1c(-c2ccccn2)[nH]c2ccccc12)NCc1cccnc1. The molecule has 4 rings (SSSR count). The predicted molar refractivity (Wildman–Crippen MR) is 111 cm³/mol. The van der Waals surface area contributed by atoms with Gasteiger partial charge in [0.05, 0.1) is 11.4 Å². The average Bonchev–Trinajstić information content (AvgIpc) is 3.12. The number of carbonyl (C=O) groups excluding carboxylic acids is 1. The maximum absolute atomic E-state index is 12.2. The molecule has 2 N–H and O–H groups in total. The molecule has 0 saturated heterocycles. The number of nitrogens with zero attached hydrogens (tertiary/aromatic N) is 2. The van der Waals surface area contributed by atoms with Crippen LogP contribution in [-0.4, -0.2) is 20.9 Å². The summed E-state index contributed by atoms with van der Waals surface area (Å²) in [5, 5.41) is 4.16. The van der Waals surface area contributed by atoms with Crippen LogP contribution in [0.5, 0.6) is 0 Å². The van der Waals surface area contributed by atoms with Gasteiger partial charge in [0.1, 0.15) is 0 Å². The molecule has 0 fully saturated rings. The Morgan fingerprint density at radius 1 is 1.00 bits per heavy atom. The molecule has 5 heteroatoms. The van der Waals surface area contributed by atoms with Gasteiger partial charge in [0.2, 0.25) is 5.91 Å². The molecule has 0 spiro atoms. The van der Waals surface area contributed by atoms with Crippen LogP contribution in [0.3, 0.4) is 0 Å². The molecule has 28 heavy (non-hydrogen) atoms. The highest BCUT2D eigenvalue weighted by molar-refractivity contribution is 5.90. The number of hydrogen-bond donors (Lipinski definition) is 2. The van der Waals surface area contributed by atoms with Crippen LogP contribution in [-0.2, 0) is 17.8 Å². The van der Waals surface area contributed by atoms with E-state index in [4.69, 9.17) is 0 Å². The van der Waals surface area contributed by atoms with Gasteiger partial charge in [0.25, 0.3) is 0 Å². The van der Waals surface area contributed by atoms with E-state index in [1.807, 2.05) is 42.5 Å². The van der Waals surface area contributed by atoms with E-state index in [0.29, 0.717) is 13.0 Å². The van der Waals surface area contributed by atoms with Crippen LogP contribution >= 0.6 is 0 Å². The van der Waals surface area contributed by atoms with Crippen molar-refractivity contribution < 1.29 is 4.79 Å². The minimum atomic E-state index is 0.0584. The lowest BCUT2D eigenvalue weighted by Crippen LogP contribution is -2.22. The number of benzene rings is 1. The van der Waals surface area contributed by atoms with Gasteiger partial charge in [0, 0.05) is 42.5 Å². The second-order valence-electron chi connectivity index (χ2n) is 6.73. The van der Waals surface area contributed by atoms with Gasteiger partial charge in [0.15, 0.2) is 0 Å². The summed E-state index contributed by atoms with van der Waals surface area (Å²) in [7, 11) is 0. The van der Waals surface area contributed by atoms with Crippen LogP contribution < -0.4 is 5.32 Å². The number of fused-ring (bicyclic) bond motifs is 1. The molecule has 0 bridgehead atoms. The number of hydrogen-bond acceptors (Lipinski definition) is 3. The van der Waals surface area contributed by atoms with Gasteiger partial charge in [-0.25, -0.2) is 0 Å². The fourth-order valence-corrected chi connectivity index (χ4v) is 3.41. The first kappa shape index (κ1) is 17.9. The number of aromatic nitrogens is 3. The number of aryl methyl sites for hydroxylation is 1. The number of H-pyrrole nitrogens is 1. The fourth-order valence-electron chi connectivity index (χ4n) is 3.41. The van der Waals surface area contributed by atoms with Gasteiger partial charge in [-0.3, -0.25) is 14.8 Å². The predicted octanol–water partition coefficient (Wildman–Crippen LogP) is 4.26. The number of para-hydroxylation sites is 1. The Labute approximate surface area is 163 Å². The van der Waals surface area contributed by atoms with Crippen molar-refractivity contribution in [1.82, 2.24) is 20.3 Å². The van der Waals surface area contributed by atoms with Gasteiger partial charge in [-0.1, -0.05) is 30.3 Å². The second kappa shape index (κ2) is 8.48. The Hall–Kier alpha value is -3.47. The molecule has 0 aliphatic heterocycles. The minimum Gasteiger partial charge on any atom is -0.353 e. The van der Waals surface area contributed by atoms with Gasteiger partial charge in [-0.15, -0.1) is 0 Å². The fraction of sp³-hybridized carbons (Fsp3) is 0.174. The van der Waals surface area contributed by atoms with Gasteiger partial charge in [-0.2, -0.15) is 0 Å². The zero-order valence-electron chi connectivity index (χ0n) is 15.6. The molecule has 0 atom stereocenters. The Kier molecular flexibility index (Phi) is 5.43. The van der Waals surface area contributed by atoms with E-state index in [9.17, 15) is 4.79 Å². The van der Waals surface area contributed by atoms with Crippen molar-refractivity contribution in [3.8, 4) is 11.4 Å². The highest BCUT2D eigenvalue weighted by Crippen LogP contribution is 2.30. The second-order valence-corrected chi connectivity index (χ2v) is 6.73. The first-order chi connectivity index (χ1) is 13.8. The third-order valence-electron chi connectivity index (χ3n) is 4.78. The van der Waals surface area contributed by atoms with Crippen molar-refractivity contribution in [2.45, 2.75) is 25.8 Å². The third-order valence-corrected chi connectivity index (χ3v) is 4.78. The smallest absolute Gasteiger partial charge is 0.220 e. The summed E-state index contributed by atoms with van der Waals surface area (Å²) >= 11 is 0. The van der Waals surface area contributed by atoms with E-state index in [-0.39, 0.29) is 5.91 Å². The van der Waals surface area contributed by atoms with E-state index in [1.165, 1.54) is 10.9 Å². The summed E-state index contributed by atoms with van der Waals surface area (Å²) in [6.07, 6.45) is 7.38. The molecule has 4 aromatic rings. The normalized spacial score (nSPS) is 10.9.